The number of nitrogens with zero attached hydrogens (tertiary/aromatic N) is 3. The molecule has 1 aromatic rings. The molecular formula is C19H27N3O2. The molecule has 2 aliphatic rings. The highest BCUT2D eigenvalue weighted by atomic mass is 16.3. The summed E-state index contributed by atoms with van der Waals surface area (Å²) in [5, 5.41) is 10.8. The fourth-order valence-corrected chi connectivity index (χ4v) is 3.43. The van der Waals surface area contributed by atoms with E-state index in [1.54, 1.807) is 11.0 Å². The summed E-state index contributed by atoms with van der Waals surface area (Å²) in [5.41, 5.74) is 0.240. The van der Waals surface area contributed by atoms with Gasteiger partial charge in [0.2, 0.25) is 5.91 Å². The Hall–Kier alpha value is -1.69. The normalized spacial score (nSPS) is 26.3. The van der Waals surface area contributed by atoms with E-state index in [1.165, 1.54) is 0 Å². The Morgan fingerprint density at radius 2 is 1.88 bits per heavy atom. The Bertz CT molecular complexity index is 582. The van der Waals surface area contributed by atoms with E-state index in [2.05, 4.69) is 16.8 Å². The number of hydrogen-bond acceptors (Lipinski definition) is 4. The highest BCUT2D eigenvalue weighted by Gasteiger charge is 2.39. The molecule has 2 saturated heterocycles. The second kappa shape index (κ2) is 7.47. The molecule has 1 aromatic carbocycles. The van der Waals surface area contributed by atoms with Gasteiger partial charge in [-0.2, -0.15) is 0 Å². The number of rotatable bonds is 4. The summed E-state index contributed by atoms with van der Waals surface area (Å²) in [4.78, 5) is 18.7. The van der Waals surface area contributed by atoms with Crippen LogP contribution in [0.2, 0.25) is 0 Å². The molecule has 3 rings (SSSR count). The minimum Gasteiger partial charge on any atom is -0.387 e. The number of piperazine rings is 1. The van der Waals surface area contributed by atoms with Gasteiger partial charge < -0.3 is 14.9 Å². The maximum atomic E-state index is 12.3. The van der Waals surface area contributed by atoms with E-state index in [0.717, 1.165) is 31.7 Å². The van der Waals surface area contributed by atoms with Crippen LogP contribution >= 0.6 is 0 Å². The van der Waals surface area contributed by atoms with Crippen LogP contribution in [0.3, 0.4) is 0 Å². The monoisotopic (exact) mass is 329 g/mol. The van der Waals surface area contributed by atoms with Gasteiger partial charge in [-0.25, -0.2) is 0 Å². The minimum absolute atomic E-state index is 0.0202. The number of β-amino-alcohol motifs (C(OH)–C–C–N with tert-alkyl or cyclic N) is 1. The highest BCUT2D eigenvalue weighted by molar-refractivity contribution is 5.92. The third kappa shape index (κ3) is 4.44. The van der Waals surface area contributed by atoms with Gasteiger partial charge in [0.15, 0.2) is 0 Å². The zero-order valence-corrected chi connectivity index (χ0v) is 14.4. The van der Waals surface area contributed by atoms with Crippen LogP contribution in [-0.2, 0) is 4.79 Å². The van der Waals surface area contributed by atoms with Gasteiger partial charge in [-0.1, -0.05) is 30.3 Å². The van der Waals surface area contributed by atoms with E-state index in [1.807, 2.05) is 36.4 Å². The van der Waals surface area contributed by atoms with E-state index in [-0.39, 0.29) is 5.91 Å². The van der Waals surface area contributed by atoms with E-state index < -0.39 is 5.60 Å². The van der Waals surface area contributed by atoms with Gasteiger partial charge in [-0.3, -0.25) is 9.69 Å². The third-order valence-electron chi connectivity index (χ3n) is 4.98. The third-order valence-corrected chi connectivity index (χ3v) is 4.98. The zero-order valence-electron chi connectivity index (χ0n) is 14.4. The molecular weight excluding hydrogens is 302 g/mol. The van der Waals surface area contributed by atoms with Gasteiger partial charge in [0, 0.05) is 45.3 Å². The number of aliphatic hydroxyl groups is 1. The molecule has 5 heteroatoms. The Morgan fingerprint density at radius 1 is 1.17 bits per heavy atom. The number of carbonyl (C=O) groups excluding carboxylic acids is 1. The number of benzene rings is 1. The van der Waals surface area contributed by atoms with Crippen molar-refractivity contribution in [3.63, 3.8) is 0 Å². The van der Waals surface area contributed by atoms with Crippen LogP contribution in [0.25, 0.3) is 6.08 Å². The summed E-state index contributed by atoms with van der Waals surface area (Å²) in [6.07, 6.45) is 4.10. The van der Waals surface area contributed by atoms with Crippen LogP contribution in [0.1, 0.15) is 12.0 Å². The Labute approximate surface area is 144 Å². The Morgan fingerprint density at radius 3 is 2.58 bits per heavy atom. The van der Waals surface area contributed by atoms with E-state index >= 15 is 0 Å². The highest BCUT2D eigenvalue weighted by Crippen LogP contribution is 2.23. The molecule has 0 aliphatic carbocycles. The van der Waals surface area contributed by atoms with Crippen molar-refractivity contribution >= 4 is 12.0 Å². The largest absolute Gasteiger partial charge is 0.387 e. The van der Waals surface area contributed by atoms with Crippen molar-refractivity contribution < 1.29 is 9.90 Å². The zero-order chi connectivity index (χ0) is 17.0. The fourth-order valence-electron chi connectivity index (χ4n) is 3.43. The molecule has 1 N–H and O–H groups in total. The predicted molar refractivity (Wildman–Crippen MR) is 95.6 cm³/mol. The lowest BCUT2D eigenvalue weighted by Crippen LogP contribution is -2.52. The van der Waals surface area contributed by atoms with Gasteiger partial charge in [0.05, 0.1) is 12.1 Å². The molecule has 0 radical (unpaired) electrons. The molecule has 2 aliphatic heterocycles. The number of likely N-dealkylation sites (N-methyl/N-ethyl adjacent to an activating group) is 1. The summed E-state index contributed by atoms with van der Waals surface area (Å²) in [6, 6.07) is 9.80. The van der Waals surface area contributed by atoms with Crippen molar-refractivity contribution in [3.8, 4) is 0 Å². The molecule has 1 amide bonds. The number of carbonyl (C=O) groups is 1. The molecule has 5 nitrogen and oxygen atoms in total. The van der Waals surface area contributed by atoms with Gasteiger partial charge in [-0.05, 0) is 25.1 Å². The van der Waals surface area contributed by atoms with Crippen molar-refractivity contribution in [1.82, 2.24) is 14.7 Å². The van der Waals surface area contributed by atoms with Crippen molar-refractivity contribution in [2.45, 2.75) is 12.0 Å². The number of likely N-dealkylation sites (tertiary alicyclic amines) is 1. The molecule has 0 saturated carbocycles. The Balaban J connectivity index is 1.52. The predicted octanol–water partition coefficient (Wildman–Crippen LogP) is 0.911. The lowest BCUT2D eigenvalue weighted by molar-refractivity contribution is -0.126. The summed E-state index contributed by atoms with van der Waals surface area (Å²) >= 11 is 0. The minimum atomic E-state index is -0.772. The van der Waals surface area contributed by atoms with Gasteiger partial charge in [0.1, 0.15) is 0 Å². The maximum Gasteiger partial charge on any atom is 0.246 e. The number of hydrogen-bond donors (Lipinski definition) is 1. The average Bonchev–Trinajstić information content (AvgIpc) is 2.98. The second-order valence-corrected chi connectivity index (χ2v) is 7.06. The fraction of sp³-hybridized carbons (Fsp3) is 0.526. The quantitative estimate of drug-likeness (QED) is 0.834. The summed E-state index contributed by atoms with van der Waals surface area (Å²) in [7, 11) is 2.13. The first-order valence-electron chi connectivity index (χ1n) is 8.69. The van der Waals surface area contributed by atoms with Crippen LogP contribution in [0.4, 0.5) is 0 Å². The maximum absolute atomic E-state index is 12.3. The lowest BCUT2D eigenvalue weighted by Gasteiger charge is -2.36. The van der Waals surface area contributed by atoms with E-state index in [9.17, 15) is 9.90 Å². The van der Waals surface area contributed by atoms with Gasteiger partial charge in [-0.15, -0.1) is 0 Å². The summed E-state index contributed by atoms with van der Waals surface area (Å²) in [6.45, 7) is 5.77. The standard InChI is InChI=1S/C19H27N3O2/c1-20-11-13-21(14-12-20)15-19(24)9-10-22(16-19)18(23)8-7-17-5-3-2-4-6-17/h2-8,24H,9-16H2,1H3/b8-7+/t19-/m1/s1. The topological polar surface area (TPSA) is 47.0 Å². The van der Waals surface area contributed by atoms with Crippen LogP contribution < -0.4 is 0 Å². The second-order valence-electron chi connectivity index (χ2n) is 7.06. The molecule has 0 unspecified atom stereocenters. The number of amides is 1. The van der Waals surface area contributed by atoms with Crippen molar-refractivity contribution in [3.05, 3.63) is 42.0 Å². The Kier molecular flexibility index (Phi) is 5.33. The molecule has 1 atom stereocenters. The summed E-state index contributed by atoms with van der Waals surface area (Å²) in [5.74, 6) is -0.0202. The first kappa shape index (κ1) is 17.1. The van der Waals surface area contributed by atoms with E-state index in [0.29, 0.717) is 26.1 Å². The van der Waals surface area contributed by atoms with Crippen molar-refractivity contribution in [2.24, 2.45) is 0 Å². The van der Waals surface area contributed by atoms with Crippen LogP contribution in [-0.4, -0.2) is 84.2 Å². The van der Waals surface area contributed by atoms with Gasteiger partial charge >= 0.3 is 0 Å². The summed E-state index contributed by atoms with van der Waals surface area (Å²) < 4.78 is 0. The molecule has 2 heterocycles. The molecule has 130 valence electrons. The SMILES string of the molecule is CN1CCN(C[C@]2(O)CCN(C(=O)/C=C/c3ccccc3)C2)CC1. The smallest absolute Gasteiger partial charge is 0.246 e. The molecule has 2 fully saturated rings. The average molecular weight is 329 g/mol. The van der Waals surface area contributed by atoms with Gasteiger partial charge in [0.25, 0.3) is 0 Å². The van der Waals surface area contributed by atoms with Crippen molar-refractivity contribution in [1.29, 1.82) is 0 Å². The van der Waals surface area contributed by atoms with E-state index in [4.69, 9.17) is 0 Å². The molecule has 24 heavy (non-hydrogen) atoms. The van der Waals surface area contributed by atoms with Crippen LogP contribution in [0.5, 0.6) is 0 Å². The molecule has 0 spiro atoms. The first-order chi connectivity index (χ1) is 11.5. The molecule has 0 bridgehead atoms. The first-order valence-corrected chi connectivity index (χ1v) is 8.69. The van der Waals surface area contributed by atoms with Crippen LogP contribution in [0.15, 0.2) is 36.4 Å². The molecule has 0 aromatic heterocycles. The van der Waals surface area contributed by atoms with Crippen LogP contribution in [0, 0.1) is 0 Å². The lowest BCUT2D eigenvalue weighted by atomic mass is 10.0. The van der Waals surface area contributed by atoms with Crippen molar-refractivity contribution in [2.75, 3.05) is 52.9 Å².